The molecule has 0 radical (unpaired) electrons. The Morgan fingerprint density at radius 3 is 1.65 bits per heavy atom. The number of rotatable bonds is 10. The SMILES string of the molecule is CN(C)CCCC(CCCN(C)C)C(O)CN. The second-order valence-corrected chi connectivity index (χ2v) is 5.45. The summed E-state index contributed by atoms with van der Waals surface area (Å²) in [7, 11) is 8.33. The van der Waals surface area contributed by atoms with Gasteiger partial charge in [0.1, 0.15) is 0 Å². The van der Waals surface area contributed by atoms with Crippen molar-refractivity contribution in [3.05, 3.63) is 0 Å². The van der Waals surface area contributed by atoms with E-state index in [0.717, 1.165) is 38.8 Å². The predicted molar refractivity (Wildman–Crippen MR) is 74.1 cm³/mol. The van der Waals surface area contributed by atoms with E-state index in [1.165, 1.54) is 0 Å². The summed E-state index contributed by atoms with van der Waals surface area (Å²) in [5.74, 6) is 0.361. The Morgan fingerprint density at radius 2 is 1.35 bits per heavy atom. The van der Waals surface area contributed by atoms with Crippen molar-refractivity contribution < 1.29 is 5.11 Å². The number of nitrogens with zero attached hydrogens (tertiary/aromatic N) is 2. The van der Waals surface area contributed by atoms with Gasteiger partial charge in [-0.1, -0.05) is 0 Å². The molecule has 0 heterocycles. The molecule has 0 bridgehead atoms. The molecule has 4 heteroatoms. The lowest BCUT2D eigenvalue weighted by Gasteiger charge is -2.23. The van der Waals surface area contributed by atoms with Gasteiger partial charge in [-0.2, -0.15) is 0 Å². The van der Waals surface area contributed by atoms with E-state index in [1.54, 1.807) is 0 Å². The molecule has 3 N–H and O–H groups in total. The molecule has 0 aliphatic heterocycles. The highest BCUT2D eigenvalue weighted by atomic mass is 16.3. The van der Waals surface area contributed by atoms with Crippen LogP contribution in [0.4, 0.5) is 0 Å². The van der Waals surface area contributed by atoms with E-state index < -0.39 is 0 Å². The molecule has 0 saturated carbocycles. The van der Waals surface area contributed by atoms with Crippen LogP contribution < -0.4 is 5.73 Å². The number of hydrogen-bond donors (Lipinski definition) is 2. The maximum absolute atomic E-state index is 9.90. The summed E-state index contributed by atoms with van der Waals surface area (Å²) in [6, 6.07) is 0. The molecule has 4 nitrogen and oxygen atoms in total. The van der Waals surface area contributed by atoms with Crippen molar-refractivity contribution in [1.82, 2.24) is 9.80 Å². The number of aliphatic hydroxyl groups is 1. The molecule has 0 amide bonds. The average Bonchev–Trinajstić information content (AvgIpc) is 2.25. The van der Waals surface area contributed by atoms with Crippen LogP contribution in [0.15, 0.2) is 0 Å². The molecule has 0 spiro atoms. The van der Waals surface area contributed by atoms with Gasteiger partial charge in [0.15, 0.2) is 0 Å². The van der Waals surface area contributed by atoms with Crippen LogP contribution in [0.5, 0.6) is 0 Å². The lowest BCUT2D eigenvalue weighted by atomic mass is 9.91. The van der Waals surface area contributed by atoms with Gasteiger partial charge in [0.2, 0.25) is 0 Å². The summed E-state index contributed by atoms with van der Waals surface area (Å²) in [5.41, 5.74) is 5.57. The molecule has 104 valence electrons. The first-order chi connectivity index (χ1) is 7.97. The van der Waals surface area contributed by atoms with Crippen LogP contribution in [-0.2, 0) is 0 Å². The summed E-state index contributed by atoms with van der Waals surface area (Å²) in [4.78, 5) is 4.37. The summed E-state index contributed by atoms with van der Waals surface area (Å²) >= 11 is 0. The Bertz CT molecular complexity index is 160. The molecule has 0 rings (SSSR count). The van der Waals surface area contributed by atoms with Crippen molar-refractivity contribution in [2.45, 2.75) is 31.8 Å². The molecule has 0 aromatic carbocycles. The van der Waals surface area contributed by atoms with Crippen molar-refractivity contribution in [1.29, 1.82) is 0 Å². The third-order valence-electron chi connectivity index (χ3n) is 3.15. The maximum atomic E-state index is 9.90. The highest BCUT2D eigenvalue weighted by Gasteiger charge is 2.17. The number of aliphatic hydroxyl groups excluding tert-OH is 1. The fourth-order valence-electron chi connectivity index (χ4n) is 2.06. The number of nitrogens with two attached hydrogens (primary N) is 1. The minimum absolute atomic E-state index is 0.334. The highest BCUT2D eigenvalue weighted by molar-refractivity contribution is 4.71. The molecular weight excluding hydrogens is 214 g/mol. The van der Waals surface area contributed by atoms with Gasteiger partial charge in [0.05, 0.1) is 6.10 Å². The fraction of sp³-hybridized carbons (Fsp3) is 1.00. The molecule has 17 heavy (non-hydrogen) atoms. The Balaban J connectivity index is 3.88. The van der Waals surface area contributed by atoms with Crippen molar-refractivity contribution in [3.63, 3.8) is 0 Å². The van der Waals surface area contributed by atoms with Crippen LogP contribution in [0.1, 0.15) is 25.7 Å². The molecule has 0 aliphatic carbocycles. The van der Waals surface area contributed by atoms with Gasteiger partial charge < -0.3 is 20.6 Å². The first kappa shape index (κ1) is 16.8. The van der Waals surface area contributed by atoms with Crippen LogP contribution in [-0.4, -0.2) is 68.8 Å². The van der Waals surface area contributed by atoms with E-state index in [9.17, 15) is 5.11 Å². The van der Waals surface area contributed by atoms with Gasteiger partial charge in [-0.25, -0.2) is 0 Å². The molecule has 1 unspecified atom stereocenters. The lowest BCUT2D eigenvalue weighted by molar-refractivity contribution is 0.0991. The smallest absolute Gasteiger partial charge is 0.0690 e. The van der Waals surface area contributed by atoms with E-state index in [2.05, 4.69) is 38.0 Å². The number of hydrogen-bond acceptors (Lipinski definition) is 4. The summed E-state index contributed by atoms with van der Waals surface area (Å²) in [6.07, 6.45) is 4.08. The monoisotopic (exact) mass is 245 g/mol. The zero-order chi connectivity index (χ0) is 13.3. The lowest BCUT2D eigenvalue weighted by Crippen LogP contribution is -2.30. The standard InChI is InChI=1S/C13H31N3O/c1-15(2)9-5-7-12(13(17)11-14)8-6-10-16(3)4/h12-13,17H,5-11,14H2,1-4H3. The average molecular weight is 245 g/mol. The Morgan fingerprint density at radius 1 is 0.941 bits per heavy atom. The van der Waals surface area contributed by atoms with Gasteiger partial charge in [0, 0.05) is 6.54 Å². The summed E-state index contributed by atoms with van der Waals surface area (Å²) in [5, 5.41) is 9.90. The maximum Gasteiger partial charge on any atom is 0.0690 e. The zero-order valence-corrected chi connectivity index (χ0v) is 12.0. The van der Waals surface area contributed by atoms with E-state index in [4.69, 9.17) is 5.73 Å². The predicted octanol–water partition coefficient (Wildman–Crippen LogP) is 0.606. The second-order valence-electron chi connectivity index (χ2n) is 5.45. The third-order valence-corrected chi connectivity index (χ3v) is 3.15. The topological polar surface area (TPSA) is 52.7 Å². The minimum Gasteiger partial charge on any atom is -0.392 e. The fourth-order valence-corrected chi connectivity index (χ4v) is 2.06. The molecule has 0 aromatic heterocycles. The molecule has 0 aromatic rings. The molecule has 0 saturated heterocycles. The normalized spacial score (nSPS) is 13.9. The largest absolute Gasteiger partial charge is 0.392 e. The zero-order valence-electron chi connectivity index (χ0n) is 12.0. The van der Waals surface area contributed by atoms with Crippen LogP contribution >= 0.6 is 0 Å². The Labute approximate surface area is 107 Å². The van der Waals surface area contributed by atoms with Crippen molar-refractivity contribution >= 4 is 0 Å². The van der Waals surface area contributed by atoms with Crippen molar-refractivity contribution in [2.75, 3.05) is 47.8 Å². The van der Waals surface area contributed by atoms with Crippen LogP contribution in [0.25, 0.3) is 0 Å². The van der Waals surface area contributed by atoms with Gasteiger partial charge in [0.25, 0.3) is 0 Å². The summed E-state index contributed by atoms with van der Waals surface area (Å²) < 4.78 is 0. The second kappa shape index (κ2) is 9.83. The minimum atomic E-state index is -0.334. The van der Waals surface area contributed by atoms with Gasteiger partial charge in [-0.3, -0.25) is 0 Å². The summed E-state index contributed by atoms with van der Waals surface area (Å²) in [6.45, 7) is 2.55. The van der Waals surface area contributed by atoms with E-state index in [-0.39, 0.29) is 6.10 Å². The third kappa shape index (κ3) is 9.53. The van der Waals surface area contributed by atoms with Crippen molar-refractivity contribution in [3.8, 4) is 0 Å². The van der Waals surface area contributed by atoms with E-state index >= 15 is 0 Å². The van der Waals surface area contributed by atoms with Crippen LogP contribution in [0.3, 0.4) is 0 Å². The van der Waals surface area contributed by atoms with Gasteiger partial charge in [-0.15, -0.1) is 0 Å². The molecule has 0 aliphatic rings. The molecule has 0 fully saturated rings. The van der Waals surface area contributed by atoms with Crippen LogP contribution in [0, 0.1) is 5.92 Å². The van der Waals surface area contributed by atoms with E-state index in [1.807, 2.05) is 0 Å². The molecule has 1 atom stereocenters. The van der Waals surface area contributed by atoms with Gasteiger partial charge in [-0.05, 0) is 72.9 Å². The highest BCUT2D eigenvalue weighted by Crippen LogP contribution is 2.18. The quantitative estimate of drug-likeness (QED) is 0.592. The Kier molecular flexibility index (Phi) is 9.74. The van der Waals surface area contributed by atoms with Gasteiger partial charge >= 0.3 is 0 Å². The first-order valence-electron chi connectivity index (χ1n) is 6.65. The molecular formula is C13H31N3O. The van der Waals surface area contributed by atoms with E-state index in [0.29, 0.717) is 12.5 Å². The Hall–Kier alpha value is -0.160. The van der Waals surface area contributed by atoms with Crippen LogP contribution in [0.2, 0.25) is 0 Å². The first-order valence-corrected chi connectivity index (χ1v) is 6.65. The van der Waals surface area contributed by atoms with Crippen molar-refractivity contribution in [2.24, 2.45) is 11.7 Å².